The number of Topliss-reactive ketones (excluding diaryl/α,β-unsaturated/α-hetero) is 1. The van der Waals surface area contributed by atoms with E-state index < -0.39 is 5.41 Å². The van der Waals surface area contributed by atoms with Crippen LogP contribution in [-0.4, -0.2) is 16.6 Å². The number of ketones is 1. The minimum Gasteiger partial charge on any atom is -0.375 e. The molecule has 3 N–H and O–H groups in total. The van der Waals surface area contributed by atoms with Gasteiger partial charge in [0, 0.05) is 11.0 Å². The maximum atomic E-state index is 12.6. The van der Waals surface area contributed by atoms with Crippen LogP contribution in [0.4, 0.5) is 0 Å². The summed E-state index contributed by atoms with van der Waals surface area (Å²) in [5.41, 5.74) is 12.2. The highest BCUT2D eigenvalue weighted by Crippen LogP contribution is 2.34. The van der Waals surface area contributed by atoms with Gasteiger partial charge in [0.25, 0.3) is 0 Å². The monoisotopic (exact) mass is 289 g/mol. The summed E-state index contributed by atoms with van der Waals surface area (Å²) < 4.78 is 0. The van der Waals surface area contributed by atoms with E-state index in [0.29, 0.717) is 5.71 Å². The molecule has 2 rings (SSSR count). The predicted octanol–water partition coefficient (Wildman–Crippen LogP) is 1.99. The highest BCUT2D eigenvalue weighted by molar-refractivity contribution is 7.80. The highest BCUT2D eigenvalue weighted by Gasteiger charge is 2.39. The van der Waals surface area contributed by atoms with Gasteiger partial charge in [-0.3, -0.25) is 10.2 Å². The summed E-state index contributed by atoms with van der Waals surface area (Å²) >= 11 is 4.76. The molecular formula is C15H19N3OS. The molecule has 0 spiro atoms. The first-order valence-corrected chi connectivity index (χ1v) is 6.91. The summed E-state index contributed by atoms with van der Waals surface area (Å²) in [6, 6.07) is 4.17. The third kappa shape index (κ3) is 2.58. The Morgan fingerprint density at radius 3 is 2.65 bits per heavy atom. The van der Waals surface area contributed by atoms with Gasteiger partial charge in [-0.15, -0.1) is 0 Å². The van der Waals surface area contributed by atoms with Gasteiger partial charge < -0.3 is 5.73 Å². The number of hydrogen-bond donors (Lipinski definition) is 2. The summed E-state index contributed by atoms with van der Waals surface area (Å²) in [5, 5.41) is 4.20. The number of carbonyl (C=O) groups excluding carboxylic acids is 1. The third-order valence-corrected chi connectivity index (χ3v) is 3.63. The lowest BCUT2D eigenvalue weighted by molar-refractivity contribution is -0.120. The Morgan fingerprint density at radius 2 is 2.05 bits per heavy atom. The first kappa shape index (κ1) is 14.7. The number of nitrogens with one attached hydrogen (secondary N) is 1. The molecule has 0 aliphatic heterocycles. The molecule has 0 aromatic heterocycles. The van der Waals surface area contributed by atoms with E-state index in [4.69, 9.17) is 18.0 Å². The van der Waals surface area contributed by atoms with Gasteiger partial charge in [-0.05, 0) is 43.6 Å². The fourth-order valence-corrected chi connectivity index (χ4v) is 2.79. The SMILES string of the molecule is Cc1cc(C)c2c(c1)CC(C)(C)C(=O)/C2=N\NC(N)=S. The Labute approximate surface area is 124 Å². The quantitative estimate of drug-likeness (QED) is 0.613. The lowest BCUT2D eigenvalue weighted by Gasteiger charge is -2.31. The molecule has 0 saturated heterocycles. The van der Waals surface area contributed by atoms with Crippen molar-refractivity contribution in [1.82, 2.24) is 5.43 Å². The Morgan fingerprint density at radius 1 is 1.40 bits per heavy atom. The van der Waals surface area contributed by atoms with E-state index in [9.17, 15) is 4.79 Å². The molecule has 0 fully saturated rings. The van der Waals surface area contributed by atoms with Crippen molar-refractivity contribution in [3.63, 3.8) is 0 Å². The minimum absolute atomic E-state index is 0.0145. The number of carbonyl (C=O) groups is 1. The largest absolute Gasteiger partial charge is 0.375 e. The Balaban J connectivity index is 2.65. The average Bonchev–Trinajstić information content (AvgIpc) is 2.29. The first-order chi connectivity index (χ1) is 9.22. The third-order valence-electron chi connectivity index (χ3n) is 3.54. The minimum atomic E-state index is -0.468. The van der Waals surface area contributed by atoms with Crippen molar-refractivity contribution in [1.29, 1.82) is 0 Å². The second-order valence-corrected chi connectivity index (χ2v) is 6.38. The van der Waals surface area contributed by atoms with Crippen molar-refractivity contribution in [3.8, 4) is 0 Å². The molecule has 0 atom stereocenters. The normalized spacial score (nSPS) is 18.8. The molecule has 0 amide bonds. The van der Waals surface area contributed by atoms with Crippen LogP contribution in [0.15, 0.2) is 17.2 Å². The molecule has 4 nitrogen and oxygen atoms in total. The summed E-state index contributed by atoms with van der Waals surface area (Å²) in [6.45, 7) is 7.92. The Bertz CT molecular complexity index is 632. The van der Waals surface area contributed by atoms with Crippen LogP contribution in [-0.2, 0) is 11.2 Å². The van der Waals surface area contributed by atoms with Crippen molar-refractivity contribution in [3.05, 3.63) is 34.4 Å². The number of thiocarbonyl (C=S) groups is 1. The average molecular weight is 289 g/mol. The van der Waals surface area contributed by atoms with Crippen LogP contribution >= 0.6 is 12.2 Å². The number of fused-ring (bicyclic) bond motifs is 1. The molecule has 5 heteroatoms. The number of aryl methyl sites for hydroxylation is 2. The summed E-state index contributed by atoms with van der Waals surface area (Å²) in [4.78, 5) is 12.6. The maximum Gasteiger partial charge on any atom is 0.189 e. The molecule has 0 unspecified atom stereocenters. The molecular weight excluding hydrogens is 270 g/mol. The molecule has 1 aromatic carbocycles. The lowest BCUT2D eigenvalue weighted by atomic mass is 9.71. The Hall–Kier alpha value is -1.75. The van der Waals surface area contributed by atoms with Gasteiger partial charge in [-0.1, -0.05) is 31.5 Å². The summed E-state index contributed by atoms with van der Waals surface area (Å²) in [7, 11) is 0. The van der Waals surface area contributed by atoms with Gasteiger partial charge in [0.2, 0.25) is 0 Å². The molecule has 106 valence electrons. The predicted molar refractivity (Wildman–Crippen MR) is 84.9 cm³/mol. The van der Waals surface area contributed by atoms with Crippen molar-refractivity contribution in [2.24, 2.45) is 16.3 Å². The number of rotatable bonds is 1. The first-order valence-electron chi connectivity index (χ1n) is 6.51. The smallest absolute Gasteiger partial charge is 0.189 e. The van der Waals surface area contributed by atoms with E-state index in [1.54, 1.807) is 0 Å². The van der Waals surface area contributed by atoms with Gasteiger partial charge in [-0.25, -0.2) is 0 Å². The van der Waals surface area contributed by atoms with E-state index in [1.807, 2.05) is 20.8 Å². The van der Waals surface area contributed by atoms with E-state index in [-0.39, 0.29) is 10.9 Å². The second-order valence-electron chi connectivity index (χ2n) is 5.94. The van der Waals surface area contributed by atoms with Crippen molar-refractivity contribution in [2.75, 3.05) is 0 Å². The molecule has 1 aromatic rings. The standard InChI is InChI=1S/C15H19N3OS/c1-8-5-9(2)11-10(6-8)7-15(3,4)13(19)12(11)17-18-14(16)20/h5-6H,7H2,1-4H3,(H3,16,18,20)/b17-12-. The van der Waals surface area contributed by atoms with Gasteiger partial charge in [0.15, 0.2) is 10.9 Å². The number of nitrogens with two attached hydrogens (primary N) is 1. The van der Waals surface area contributed by atoms with Crippen LogP contribution in [0, 0.1) is 19.3 Å². The van der Waals surface area contributed by atoms with Crippen LogP contribution < -0.4 is 11.2 Å². The van der Waals surface area contributed by atoms with Crippen molar-refractivity contribution < 1.29 is 4.79 Å². The lowest BCUT2D eigenvalue weighted by Crippen LogP contribution is -2.41. The summed E-state index contributed by atoms with van der Waals surface area (Å²) in [5.74, 6) is 0.0145. The van der Waals surface area contributed by atoms with Crippen LogP contribution in [0.5, 0.6) is 0 Å². The molecule has 0 bridgehead atoms. The van der Waals surface area contributed by atoms with Crippen molar-refractivity contribution in [2.45, 2.75) is 34.1 Å². The number of benzene rings is 1. The van der Waals surface area contributed by atoms with Gasteiger partial charge in [0.05, 0.1) is 0 Å². The molecule has 20 heavy (non-hydrogen) atoms. The van der Waals surface area contributed by atoms with Crippen LogP contribution in [0.2, 0.25) is 0 Å². The van der Waals surface area contributed by atoms with E-state index in [2.05, 4.69) is 29.6 Å². The zero-order valence-corrected chi connectivity index (χ0v) is 13.0. The summed E-state index contributed by atoms with van der Waals surface area (Å²) in [6.07, 6.45) is 0.718. The number of nitrogens with zero attached hydrogens (tertiary/aromatic N) is 1. The number of hydrogen-bond acceptors (Lipinski definition) is 3. The van der Waals surface area contributed by atoms with Crippen LogP contribution in [0.1, 0.15) is 36.1 Å². The van der Waals surface area contributed by atoms with Crippen molar-refractivity contribution >= 4 is 28.8 Å². The zero-order chi connectivity index (χ0) is 15.1. The molecule has 1 aliphatic rings. The zero-order valence-electron chi connectivity index (χ0n) is 12.2. The topological polar surface area (TPSA) is 67.5 Å². The fourth-order valence-electron chi connectivity index (χ4n) is 2.74. The Kier molecular flexibility index (Phi) is 3.65. The van der Waals surface area contributed by atoms with E-state index in [1.165, 1.54) is 5.56 Å². The van der Waals surface area contributed by atoms with Gasteiger partial charge >= 0.3 is 0 Å². The molecule has 0 heterocycles. The molecule has 1 aliphatic carbocycles. The van der Waals surface area contributed by atoms with Crippen LogP contribution in [0.25, 0.3) is 0 Å². The van der Waals surface area contributed by atoms with E-state index in [0.717, 1.165) is 23.1 Å². The van der Waals surface area contributed by atoms with Gasteiger partial charge in [0.1, 0.15) is 5.71 Å². The van der Waals surface area contributed by atoms with Gasteiger partial charge in [-0.2, -0.15) is 5.10 Å². The highest BCUT2D eigenvalue weighted by atomic mass is 32.1. The van der Waals surface area contributed by atoms with Crippen LogP contribution in [0.3, 0.4) is 0 Å². The maximum absolute atomic E-state index is 12.6. The van der Waals surface area contributed by atoms with E-state index >= 15 is 0 Å². The number of hydrazone groups is 1. The molecule has 0 saturated carbocycles. The second kappa shape index (κ2) is 4.98. The molecule has 0 radical (unpaired) electrons. The fraction of sp³-hybridized carbons (Fsp3) is 0.400.